The highest BCUT2D eigenvalue weighted by molar-refractivity contribution is 5.30. The second kappa shape index (κ2) is 3.23. The van der Waals surface area contributed by atoms with Gasteiger partial charge in [-0.2, -0.15) is 0 Å². The predicted octanol–water partition coefficient (Wildman–Crippen LogP) is 2.85. The van der Waals surface area contributed by atoms with E-state index >= 15 is 0 Å². The zero-order valence-corrected chi connectivity index (χ0v) is 7.45. The van der Waals surface area contributed by atoms with Crippen LogP contribution in [0.15, 0.2) is 47.3 Å². The van der Waals surface area contributed by atoms with Crippen LogP contribution in [0.1, 0.15) is 18.1 Å². The Hall–Kier alpha value is -1.28. The molecule has 2 rings (SSSR count). The van der Waals surface area contributed by atoms with Gasteiger partial charge in [0.25, 0.3) is 0 Å². The van der Waals surface area contributed by atoms with Gasteiger partial charge in [0.15, 0.2) is 0 Å². The lowest BCUT2D eigenvalue weighted by atomic mass is 9.97. The van der Waals surface area contributed by atoms with Gasteiger partial charge < -0.3 is 9.15 Å². The molecule has 13 heavy (non-hydrogen) atoms. The molecule has 68 valence electrons. The van der Waals surface area contributed by atoms with Crippen LogP contribution in [0.4, 0.5) is 0 Å². The molecule has 1 aromatic rings. The molecule has 0 saturated carbocycles. The van der Waals surface area contributed by atoms with Crippen molar-refractivity contribution in [3.05, 3.63) is 48.5 Å². The lowest BCUT2D eigenvalue weighted by molar-refractivity contribution is 0.0567. The van der Waals surface area contributed by atoms with Crippen LogP contribution >= 0.6 is 0 Å². The van der Waals surface area contributed by atoms with Gasteiger partial charge in [-0.05, 0) is 17.2 Å². The number of ether oxygens (including phenoxy) is 1. The fraction of sp³-hybridized carbons (Fsp3) is 0.273. The third kappa shape index (κ3) is 1.58. The molecule has 0 radical (unpaired) electrons. The average Bonchev–Trinajstić information content (AvgIpc) is 2.62. The molecule has 0 aliphatic carbocycles. The molecule has 1 unspecified atom stereocenters. The second-order valence-electron chi connectivity index (χ2n) is 3.27. The van der Waals surface area contributed by atoms with E-state index in [4.69, 9.17) is 9.15 Å². The molecule has 0 bridgehead atoms. The van der Waals surface area contributed by atoms with Gasteiger partial charge in [0, 0.05) is 12.0 Å². The van der Waals surface area contributed by atoms with E-state index in [1.807, 2.05) is 6.07 Å². The predicted molar refractivity (Wildman–Crippen MR) is 50.3 cm³/mol. The standard InChI is InChI=1S/C11H12O2/c1-8-5-11(13-6-9(8)2)10-3-4-12-7-10/h3-4,7,11H,1-2,5-6H2. The van der Waals surface area contributed by atoms with E-state index in [1.54, 1.807) is 12.5 Å². The summed E-state index contributed by atoms with van der Waals surface area (Å²) in [5.41, 5.74) is 3.16. The summed E-state index contributed by atoms with van der Waals surface area (Å²) in [4.78, 5) is 0. The van der Waals surface area contributed by atoms with Gasteiger partial charge in [-0.15, -0.1) is 0 Å². The average molecular weight is 176 g/mol. The molecule has 2 heterocycles. The Kier molecular flexibility index (Phi) is 2.07. The number of furan rings is 1. The summed E-state index contributed by atoms with van der Waals surface area (Å²) >= 11 is 0. The molecule has 1 saturated heterocycles. The number of hydrogen-bond acceptors (Lipinski definition) is 2. The Morgan fingerprint density at radius 1 is 1.31 bits per heavy atom. The Bertz CT molecular complexity index is 322. The summed E-state index contributed by atoms with van der Waals surface area (Å²) < 4.78 is 10.6. The zero-order valence-electron chi connectivity index (χ0n) is 7.45. The van der Waals surface area contributed by atoms with E-state index in [-0.39, 0.29) is 6.10 Å². The fourth-order valence-electron chi connectivity index (χ4n) is 1.40. The third-order valence-electron chi connectivity index (χ3n) is 2.31. The first-order chi connectivity index (χ1) is 6.27. The van der Waals surface area contributed by atoms with Crippen molar-refractivity contribution in [3.63, 3.8) is 0 Å². The highest BCUT2D eigenvalue weighted by Crippen LogP contribution is 2.32. The fourth-order valence-corrected chi connectivity index (χ4v) is 1.40. The van der Waals surface area contributed by atoms with Gasteiger partial charge in [-0.1, -0.05) is 13.2 Å². The smallest absolute Gasteiger partial charge is 0.0960 e. The Labute approximate surface area is 77.5 Å². The molecule has 1 atom stereocenters. The Balaban J connectivity index is 2.12. The van der Waals surface area contributed by atoms with Crippen molar-refractivity contribution >= 4 is 0 Å². The quantitative estimate of drug-likeness (QED) is 0.656. The summed E-state index contributed by atoms with van der Waals surface area (Å²) in [6, 6.07) is 1.92. The summed E-state index contributed by atoms with van der Waals surface area (Å²) in [5.74, 6) is 0. The summed E-state index contributed by atoms with van der Waals surface area (Å²) in [7, 11) is 0. The van der Waals surface area contributed by atoms with Crippen molar-refractivity contribution in [2.45, 2.75) is 12.5 Å². The van der Waals surface area contributed by atoms with Crippen LogP contribution in [0.3, 0.4) is 0 Å². The zero-order chi connectivity index (χ0) is 9.26. The van der Waals surface area contributed by atoms with Gasteiger partial charge in [-0.25, -0.2) is 0 Å². The Morgan fingerprint density at radius 2 is 2.15 bits per heavy atom. The minimum absolute atomic E-state index is 0.0942. The van der Waals surface area contributed by atoms with Crippen LogP contribution in [0.25, 0.3) is 0 Å². The van der Waals surface area contributed by atoms with Crippen LogP contribution in [-0.4, -0.2) is 6.61 Å². The summed E-state index contributed by atoms with van der Waals surface area (Å²) in [6.07, 6.45) is 4.28. The van der Waals surface area contributed by atoms with Crippen LogP contribution in [-0.2, 0) is 4.74 Å². The van der Waals surface area contributed by atoms with Gasteiger partial charge in [0.1, 0.15) is 0 Å². The lowest BCUT2D eigenvalue weighted by Crippen LogP contribution is -2.14. The topological polar surface area (TPSA) is 22.4 Å². The van der Waals surface area contributed by atoms with Crippen LogP contribution < -0.4 is 0 Å². The Morgan fingerprint density at radius 3 is 2.77 bits per heavy atom. The van der Waals surface area contributed by atoms with Crippen molar-refractivity contribution in [3.8, 4) is 0 Å². The molecular weight excluding hydrogens is 164 g/mol. The number of hydrogen-bond donors (Lipinski definition) is 0. The van der Waals surface area contributed by atoms with Crippen LogP contribution in [0, 0.1) is 0 Å². The van der Waals surface area contributed by atoms with Crippen LogP contribution in [0.5, 0.6) is 0 Å². The second-order valence-corrected chi connectivity index (χ2v) is 3.27. The minimum Gasteiger partial charge on any atom is -0.472 e. The van der Waals surface area contributed by atoms with E-state index < -0.39 is 0 Å². The van der Waals surface area contributed by atoms with Crippen molar-refractivity contribution in [1.29, 1.82) is 0 Å². The molecule has 2 nitrogen and oxygen atoms in total. The monoisotopic (exact) mass is 176 g/mol. The molecule has 1 aromatic heterocycles. The maximum atomic E-state index is 5.58. The molecule has 2 heteroatoms. The lowest BCUT2D eigenvalue weighted by Gasteiger charge is -2.25. The van der Waals surface area contributed by atoms with Gasteiger partial charge in [0.2, 0.25) is 0 Å². The first-order valence-corrected chi connectivity index (χ1v) is 4.27. The highest BCUT2D eigenvalue weighted by atomic mass is 16.5. The first-order valence-electron chi connectivity index (χ1n) is 4.27. The molecule has 1 aliphatic rings. The summed E-state index contributed by atoms with van der Waals surface area (Å²) in [5, 5.41) is 0. The molecule has 0 N–H and O–H groups in total. The van der Waals surface area contributed by atoms with Gasteiger partial charge in [-0.3, -0.25) is 0 Å². The molecular formula is C11H12O2. The molecule has 1 aliphatic heterocycles. The molecule has 0 aromatic carbocycles. The van der Waals surface area contributed by atoms with E-state index in [2.05, 4.69) is 13.2 Å². The van der Waals surface area contributed by atoms with Crippen molar-refractivity contribution in [2.24, 2.45) is 0 Å². The minimum atomic E-state index is 0.0942. The van der Waals surface area contributed by atoms with Crippen LogP contribution in [0.2, 0.25) is 0 Å². The van der Waals surface area contributed by atoms with Gasteiger partial charge in [0.05, 0.1) is 25.2 Å². The highest BCUT2D eigenvalue weighted by Gasteiger charge is 2.20. The first kappa shape index (κ1) is 8.32. The van der Waals surface area contributed by atoms with Crippen molar-refractivity contribution < 1.29 is 9.15 Å². The molecule has 0 spiro atoms. The van der Waals surface area contributed by atoms with E-state index in [9.17, 15) is 0 Å². The normalized spacial score (nSPS) is 23.5. The summed E-state index contributed by atoms with van der Waals surface area (Å²) in [6.45, 7) is 8.39. The maximum absolute atomic E-state index is 5.58. The van der Waals surface area contributed by atoms with E-state index in [1.165, 1.54) is 0 Å². The van der Waals surface area contributed by atoms with E-state index in [0.29, 0.717) is 6.61 Å². The van der Waals surface area contributed by atoms with Crippen molar-refractivity contribution in [2.75, 3.05) is 6.61 Å². The number of rotatable bonds is 1. The maximum Gasteiger partial charge on any atom is 0.0960 e. The SMILES string of the molecule is C=C1COC(c2ccoc2)CC1=C. The van der Waals surface area contributed by atoms with Gasteiger partial charge >= 0.3 is 0 Å². The van der Waals surface area contributed by atoms with E-state index in [0.717, 1.165) is 23.1 Å². The largest absolute Gasteiger partial charge is 0.472 e. The molecule has 0 amide bonds. The van der Waals surface area contributed by atoms with Crippen molar-refractivity contribution in [1.82, 2.24) is 0 Å². The molecule has 1 fully saturated rings. The third-order valence-corrected chi connectivity index (χ3v) is 2.31.